The molecule has 1 aliphatic heterocycles. The second-order valence-corrected chi connectivity index (χ2v) is 6.74. The van der Waals surface area contributed by atoms with Crippen molar-refractivity contribution in [2.45, 2.75) is 6.18 Å². The van der Waals surface area contributed by atoms with E-state index in [4.69, 9.17) is 11.6 Å². The number of piperazine rings is 1. The molecule has 2 aromatic rings. The lowest BCUT2D eigenvalue weighted by atomic mass is 10.1. The predicted molar refractivity (Wildman–Crippen MR) is 97.6 cm³/mol. The van der Waals surface area contributed by atoms with Crippen LogP contribution in [-0.2, 0) is 6.18 Å². The Kier molecular flexibility index (Phi) is 5.65. The third kappa shape index (κ3) is 4.26. The Morgan fingerprint density at radius 3 is 2.31 bits per heavy atom. The fraction of sp³-hybridized carbons (Fsp3) is 0.278. The van der Waals surface area contributed by atoms with Crippen LogP contribution in [0.2, 0.25) is 5.02 Å². The van der Waals surface area contributed by atoms with Crippen molar-refractivity contribution in [1.29, 1.82) is 0 Å². The van der Waals surface area contributed by atoms with Crippen LogP contribution in [-0.4, -0.2) is 41.9 Å². The van der Waals surface area contributed by atoms with E-state index in [0.717, 1.165) is 18.2 Å². The zero-order chi connectivity index (χ0) is 21.3. The van der Waals surface area contributed by atoms with Crippen molar-refractivity contribution in [3.63, 3.8) is 0 Å². The number of benzene rings is 2. The van der Waals surface area contributed by atoms with Crippen LogP contribution in [0, 0.1) is 15.9 Å². The van der Waals surface area contributed by atoms with Gasteiger partial charge in [-0.05, 0) is 24.3 Å². The highest BCUT2D eigenvalue weighted by atomic mass is 35.5. The first kappa shape index (κ1) is 20.8. The fourth-order valence-electron chi connectivity index (χ4n) is 3.12. The summed E-state index contributed by atoms with van der Waals surface area (Å²) in [6.07, 6.45) is -4.70. The second kappa shape index (κ2) is 7.86. The molecule has 11 heteroatoms. The molecule has 0 saturated carbocycles. The van der Waals surface area contributed by atoms with Crippen molar-refractivity contribution in [3.8, 4) is 0 Å². The van der Waals surface area contributed by atoms with Crippen LogP contribution in [0.5, 0.6) is 0 Å². The van der Waals surface area contributed by atoms with E-state index in [1.165, 1.54) is 21.9 Å². The lowest BCUT2D eigenvalue weighted by molar-refractivity contribution is -0.384. The topological polar surface area (TPSA) is 66.7 Å². The molecule has 1 aliphatic rings. The van der Waals surface area contributed by atoms with Crippen molar-refractivity contribution in [2.24, 2.45) is 0 Å². The summed E-state index contributed by atoms with van der Waals surface area (Å²) in [7, 11) is 0. The van der Waals surface area contributed by atoms with Crippen LogP contribution < -0.4 is 4.90 Å². The molecule has 0 N–H and O–H groups in total. The Bertz CT molecular complexity index is 940. The number of rotatable bonds is 3. The number of carbonyl (C=O) groups excluding carboxylic acids is 1. The van der Waals surface area contributed by atoms with Gasteiger partial charge in [-0.15, -0.1) is 0 Å². The van der Waals surface area contributed by atoms with Gasteiger partial charge in [-0.1, -0.05) is 17.7 Å². The van der Waals surface area contributed by atoms with E-state index in [-0.39, 0.29) is 42.5 Å². The van der Waals surface area contributed by atoms with E-state index < -0.39 is 34.1 Å². The minimum atomic E-state index is -4.70. The SMILES string of the molecule is O=C(c1c(F)cccc1Cl)N1CCN(c2ccc(C(F)(F)F)cc2[N+](=O)[O-])CC1. The Hall–Kier alpha value is -2.88. The lowest BCUT2D eigenvalue weighted by Gasteiger charge is -2.36. The molecule has 29 heavy (non-hydrogen) atoms. The number of alkyl halides is 3. The van der Waals surface area contributed by atoms with Gasteiger partial charge in [0, 0.05) is 32.2 Å². The average molecular weight is 432 g/mol. The van der Waals surface area contributed by atoms with Gasteiger partial charge in [0.25, 0.3) is 11.6 Å². The normalized spacial score (nSPS) is 14.8. The highest BCUT2D eigenvalue weighted by Gasteiger charge is 2.34. The molecule has 0 spiro atoms. The zero-order valence-corrected chi connectivity index (χ0v) is 15.5. The van der Waals surface area contributed by atoms with Crippen LogP contribution in [0.4, 0.5) is 28.9 Å². The number of hydrogen-bond donors (Lipinski definition) is 0. The number of nitro benzene ring substituents is 1. The summed E-state index contributed by atoms with van der Waals surface area (Å²) in [5, 5.41) is 11.2. The van der Waals surface area contributed by atoms with E-state index in [9.17, 15) is 32.5 Å². The quantitative estimate of drug-likeness (QED) is 0.411. The molecule has 1 saturated heterocycles. The Morgan fingerprint density at radius 2 is 1.76 bits per heavy atom. The van der Waals surface area contributed by atoms with Crippen molar-refractivity contribution in [3.05, 3.63) is 68.5 Å². The van der Waals surface area contributed by atoms with Gasteiger partial charge in [0.05, 0.1) is 21.1 Å². The van der Waals surface area contributed by atoms with Gasteiger partial charge in [-0.3, -0.25) is 14.9 Å². The molecule has 6 nitrogen and oxygen atoms in total. The first-order chi connectivity index (χ1) is 13.6. The molecule has 0 aromatic heterocycles. The van der Waals surface area contributed by atoms with E-state index in [1.54, 1.807) is 0 Å². The summed E-state index contributed by atoms with van der Waals surface area (Å²) in [4.78, 5) is 25.8. The molecule has 0 radical (unpaired) electrons. The standard InChI is InChI=1S/C18H14ClF4N3O3/c19-12-2-1-3-13(20)16(12)17(27)25-8-6-24(7-9-25)14-5-4-11(18(21,22)23)10-15(14)26(28)29/h1-5,10H,6-9H2. The number of halogens is 5. The van der Waals surface area contributed by atoms with Crippen molar-refractivity contribution >= 4 is 28.9 Å². The van der Waals surface area contributed by atoms with Crippen molar-refractivity contribution in [2.75, 3.05) is 31.1 Å². The number of nitrogens with zero attached hydrogens (tertiary/aromatic N) is 3. The predicted octanol–water partition coefficient (Wildman–Crippen LogP) is 4.37. The van der Waals surface area contributed by atoms with Crippen molar-refractivity contribution < 1.29 is 27.3 Å². The van der Waals surface area contributed by atoms with E-state index in [1.807, 2.05) is 0 Å². The third-order valence-electron chi connectivity index (χ3n) is 4.58. The van der Waals surface area contributed by atoms with Crippen LogP contribution in [0.25, 0.3) is 0 Å². The summed E-state index contributed by atoms with van der Waals surface area (Å²) in [6.45, 7) is 0.456. The second-order valence-electron chi connectivity index (χ2n) is 6.33. The maximum absolute atomic E-state index is 14.0. The number of carbonyl (C=O) groups is 1. The molecule has 154 valence electrons. The highest BCUT2D eigenvalue weighted by Crippen LogP contribution is 2.37. The van der Waals surface area contributed by atoms with Crippen LogP contribution in [0.3, 0.4) is 0 Å². The fourth-order valence-corrected chi connectivity index (χ4v) is 3.37. The summed E-state index contributed by atoms with van der Waals surface area (Å²) >= 11 is 5.91. The molecule has 3 rings (SSSR count). The van der Waals surface area contributed by atoms with Gasteiger partial charge in [-0.2, -0.15) is 13.2 Å². The van der Waals surface area contributed by atoms with Crippen LogP contribution in [0.15, 0.2) is 36.4 Å². The summed E-state index contributed by atoms with van der Waals surface area (Å²) < 4.78 is 52.5. The molecule has 1 fully saturated rings. The lowest BCUT2D eigenvalue weighted by Crippen LogP contribution is -2.49. The summed E-state index contributed by atoms with van der Waals surface area (Å²) in [5.41, 5.74) is -2.02. The Balaban J connectivity index is 1.79. The van der Waals surface area contributed by atoms with E-state index in [2.05, 4.69) is 0 Å². The van der Waals surface area contributed by atoms with Crippen LogP contribution in [0.1, 0.15) is 15.9 Å². The molecule has 0 atom stereocenters. The summed E-state index contributed by atoms with van der Waals surface area (Å²) in [6, 6.07) is 6.19. The van der Waals surface area contributed by atoms with Gasteiger partial charge in [-0.25, -0.2) is 4.39 Å². The monoisotopic (exact) mass is 431 g/mol. The third-order valence-corrected chi connectivity index (χ3v) is 4.90. The molecule has 1 heterocycles. The van der Waals surface area contributed by atoms with Crippen LogP contribution >= 0.6 is 11.6 Å². The molecule has 0 bridgehead atoms. The molecule has 0 unspecified atom stereocenters. The van der Waals surface area contributed by atoms with Crippen molar-refractivity contribution in [1.82, 2.24) is 4.90 Å². The zero-order valence-electron chi connectivity index (χ0n) is 14.7. The van der Waals surface area contributed by atoms with E-state index >= 15 is 0 Å². The van der Waals surface area contributed by atoms with E-state index in [0.29, 0.717) is 6.07 Å². The Labute approximate surface area is 167 Å². The maximum atomic E-state index is 14.0. The Morgan fingerprint density at radius 1 is 1.10 bits per heavy atom. The first-order valence-electron chi connectivity index (χ1n) is 8.43. The number of hydrogen-bond acceptors (Lipinski definition) is 4. The highest BCUT2D eigenvalue weighted by molar-refractivity contribution is 6.33. The number of nitro groups is 1. The summed E-state index contributed by atoms with van der Waals surface area (Å²) in [5.74, 6) is -1.38. The van der Waals surface area contributed by atoms with Gasteiger partial charge < -0.3 is 9.80 Å². The molecular formula is C18H14ClF4N3O3. The van der Waals surface area contributed by atoms with Gasteiger partial charge in [0.2, 0.25) is 0 Å². The molecule has 0 aliphatic carbocycles. The van der Waals surface area contributed by atoms with Gasteiger partial charge in [0.1, 0.15) is 11.5 Å². The maximum Gasteiger partial charge on any atom is 0.416 e. The molecule has 2 aromatic carbocycles. The average Bonchev–Trinajstić information content (AvgIpc) is 2.66. The largest absolute Gasteiger partial charge is 0.416 e. The first-order valence-corrected chi connectivity index (χ1v) is 8.81. The minimum absolute atomic E-state index is 0.0269. The van der Waals surface area contributed by atoms with Gasteiger partial charge >= 0.3 is 6.18 Å². The molecular weight excluding hydrogens is 418 g/mol. The number of anilines is 1. The number of amides is 1. The smallest absolute Gasteiger partial charge is 0.362 e. The molecule has 1 amide bonds. The minimum Gasteiger partial charge on any atom is -0.362 e. The van der Waals surface area contributed by atoms with Gasteiger partial charge in [0.15, 0.2) is 0 Å².